The van der Waals surface area contributed by atoms with Crippen molar-refractivity contribution in [1.82, 2.24) is 14.7 Å². The first kappa shape index (κ1) is 13.4. The topological polar surface area (TPSA) is 52.8 Å². The van der Waals surface area contributed by atoms with E-state index in [4.69, 9.17) is 5.73 Å². The van der Waals surface area contributed by atoms with Gasteiger partial charge in [-0.2, -0.15) is 0 Å². The van der Waals surface area contributed by atoms with Gasteiger partial charge in [0.25, 0.3) is 0 Å². The van der Waals surface area contributed by atoms with E-state index >= 15 is 0 Å². The highest BCUT2D eigenvalue weighted by Gasteiger charge is 2.16. The van der Waals surface area contributed by atoms with Gasteiger partial charge in [0, 0.05) is 52.2 Å². The molecule has 0 radical (unpaired) electrons. The summed E-state index contributed by atoms with van der Waals surface area (Å²) in [6, 6.07) is 0. The van der Waals surface area contributed by atoms with Gasteiger partial charge in [-0.15, -0.1) is 0 Å². The maximum atomic E-state index is 10.7. The lowest BCUT2D eigenvalue weighted by atomic mass is 10.3. The number of nitrogens with two attached hydrogens (primary N) is 1. The van der Waals surface area contributed by atoms with Gasteiger partial charge in [-0.3, -0.25) is 9.69 Å². The number of amides is 1. The Hall–Kier alpha value is -0.650. The molecule has 5 nitrogen and oxygen atoms in total. The van der Waals surface area contributed by atoms with Gasteiger partial charge in [-0.25, -0.2) is 0 Å². The third kappa shape index (κ3) is 5.44. The van der Waals surface area contributed by atoms with Crippen LogP contribution in [-0.4, -0.2) is 80.5 Å². The number of rotatable bonds is 6. The minimum atomic E-state index is -0.199. The summed E-state index contributed by atoms with van der Waals surface area (Å²) < 4.78 is 0. The van der Waals surface area contributed by atoms with Gasteiger partial charge in [-0.1, -0.05) is 0 Å². The van der Waals surface area contributed by atoms with Gasteiger partial charge in [-0.05, 0) is 14.1 Å². The van der Waals surface area contributed by atoms with Crippen molar-refractivity contribution in [3.63, 3.8) is 0 Å². The highest BCUT2D eigenvalue weighted by atomic mass is 16.1. The highest BCUT2D eigenvalue weighted by Crippen LogP contribution is 2.02. The predicted molar refractivity (Wildman–Crippen MR) is 65.2 cm³/mol. The summed E-state index contributed by atoms with van der Waals surface area (Å²) in [5, 5.41) is 0. The van der Waals surface area contributed by atoms with Crippen LogP contribution in [0.4, 0.5) is 0 Å². The van der Waals surface area contributed by atoms with E-state index in [9.17, 15) is 4.79 Å². The second-order valence-electron chi connectivity index (χ2n) is 4.70. The first-order chi connectivity index (χ1) is 7.58. The Morgan fingerprint density at radius 1 is 1.12 bits per heavy atom. The van der Waals surface area contributed by atoms with Crippen LogP contribution in [0.25, 0.3) is 0 Å². The minimum Gasteiger partial charge on any atom is -0.370 e. The lowest BCUT2D eigenvalue weighted by Crippen LogP contribution is -2.48. The Labute approximate surface area is 98.2 Å². The van der Waals surface area contributed by atoms with Crippen molar-refractivity contribution in [3.8, 4) is 0 Å². The van der Waals surface area contributed by atoms with Crippen LogP contribution in [0.15, 0.2) is 0 Å². The molecule has 1 saturated heterocycles. The maximum absolute atomic E-state index is 10.7. The van der Waals surface area contributed by atoms with Crippen LogP contribution in [0, 0.1) is 0 Å². The summed E-state index contributed by atoms with van der Waals surface area (Å²) in [7, 11) is 4.20. The van der Waals surface area contributed by atoms with Crippen LogP contribution >= 0.6 is 0 Å². The van der Waals surface area contributed by atoms with E-state index in [0.29, 0.717) is 6.42 Å². The Morgan fingerprint density at radius 3 is 2.06 bits per heavy atom. The standard InChI is InChI=1S/C11H24N4O/c1-13(2)5-6-15-9-7-14(8-10-15)4-3-11(12)16/h3-10H2,1-2H3,(H2,12,16). The van der Waals surface area contributed by atoms with Gasteiger partial charge in [0.05, 0.1) is 0 Å². The van der Waals surface area contributed by atoms with Crippen molar-refractivity contribution in [1.29, 1.82) is 0 Å². The van der Waals surface area contributed by atoms with Gasteiger partial charge in [0.2, 0.25) is 5.91 Å². The van der Waals surface area contributed by atoms with E-state index in [-0.39, 0.29) is 5.91 Å². The fourth-order valence-corrected chi connectivity index (χ4v) is 1.85. The smallest absolute Gasteiger partial charge is 0.218 e. The fraction of sp³-hybridized carbons (Fsp3) is 0.909. The molecule has 1 heterocycles. The Bertz CT molecular complexity index is 212. The maximum Gasteiger partial charge on any atom is 0.218 e. The fourth-order valence-electron chi connectivity index (χ4n) is 1.85. The summed E-state index contributed by atoms with van der Waals surface area (Å²) >= 11 is 0. The zero-order chi connectivity index (χ0) is 12.0. The van der Waals surface area contributed by atoms with E-state index in [1.54, 1.807) is 0 Å². The number of carbonyl (C=O) groups is 1. The number of likely N-dealkylation sites (N-methyl/N-ethyl adjacent to an activating group) is 1. The second-order valence-corrected chi connectivity index (χ2v) is 4.70. The zero-order valence-electron chi connectivity index (χ0n) is 10.5. The van der Waals surface area contributed by atoms with E-state index in [1.807, 2.05) is 0 Å². The van der Waals surface area contributed by atoms with Gasteiger partial charge in [0.15, 0.2) is 0 Å². The Balaban J connectivity index is 2.11. The Morgan fingerprint density at radius 2 is 1.62 bits per heavy atom. The van der Waals surface area contributed by atoms with Crippen molar-refractivity contribution < 1.29 is 4.79 Å². The molecule has 0 bridgehead atoms. The molecule has 1 amide bonds. The zero-order valence-corrected chi connectivity index (χ0v) is 10.5. The molecule has 0 aliphatic carbocycles. The third-order valence-electron chi connectivity index (χ3n) is 3.00. The summed E-state index contributed by atoms with van der Waals surface area (Å²) in [5.41, 5.74) is 5.14. The minimum absolute atomic E-state index is 0.199. The van der Waals surface area contributed by atoms with Crippen molar-refractivity contribution in [2.45, 2.75) is 6.42 Å². The van der Waals surface area contributed by atoms with Crippen LogP contribution in [0.1, 0.15) is 6.42 Å². The molecule has 1 fully saturated rings. The normalized spacial score (nSPS) is 19.2. The van der Waals surface area contributed by atoms with Crippen molar-refractivity contribution in [2.75, 3.05) is 59.9 Å². The lowest BCUT2D eigenvalue weighted by Gasteiger charge is -2.34. The van der Waals surface area contributed by atoms with Crippen LogP contribution in [0.3, 0.4) is 0 Å². The summed E-state index contributed by atoms with van der Waals surface area (Å²) in [5.74, 6) is -0.199. The molecule has 2 N–H and O–H groups in total. The van der Waals surface area contributed by atoms with Crippen LogP contribution in [0.5, 0.6) is 0 Å². The average Bonchev–Trinajstić information content (AvgIpc) is 2.25. The molecule has 1 aliphatic heterocycles. The third-order valence-corrected chi connectivity index (χ3v) is 3.00. The van der Waals surface area contributed by atoms with E-state index in [1.165, 1.54) is 0 Å². The molecule has 0 atom stereocenters. The average molecular weight is 228 g/mol. The molecule has 0 aromatic heterocycles. The number of nitrogens with zero attached hydrogens (tertiary/aromatic N) is 3. The molecular weight excluding hydrogens is 204 g/mol. The van der Waals surface area contributed by atoms with E-state index < -0.39 is 0 Å². The number of piperazine rings is 1. The summed E-state index contributed by atoms with van der Waals surface area (Å²) in [6.45, 7) is 7.38. The highest BCUT2D eigenvalue weighted by molar-refractivity contribution is 5.73. The van der Waals surface area contributed by atoms with Crippen LogP contribution < -0.4 is 5.73 Å². The summed E-state index contributed by atoms with van der Waals surface area (Å²) in [6.07, 6.45) is 0.484. The van der Waals surface area contributed by atoms with Gasteiger partial charge >= 0.3 is 0 Å². The van der Waals surface area contributed by atoms with Crippen molar-refractivity contribution in [2.24, 2.45) is 5.73 Å². The van der Waals surface area contributed by atoms with Gasteiger partial charge in [0.1, 0.15) is 0 Å². The van der Waals surface area contributed by atoms with Crippen LogP contribution in [0.2, 0.25) is 0 Å². The first-order valence-electron chi connectivity index (χ1n) is 5.95. The van der Waals surface area contributed by atoms with Crippen LogP contribution in [-0.2, 0) is 4.79 Å². The molecule has 16 heavy (non-hydrogen) atoms. The predicted octanol–water partition coefficient (Wildman–Crippen LogP) is -0.959. The number of primary amides is 1. The molecule has 0 aromatic carbocycles. The molecule has 1 aliphatic rings. The Kier molecular flexibility index (Phi) is 5.73. The largest absolute Gasteiger partial charge is 0.370 e. The summed E-state index contributed by atoms with van der Waals surface area (Å²) in [4.78, 5) is 17.7. The molecule has 0 unspecified atom stereocenters. The molecular formula is C11H24N4O. The van der Waals surface area contributed by atoms with Gasteiger partial charge < -0.3 is 15.5 Å². The van der Waals surface area contributed by atoms with Crippen molar-refractivity contribution >= 4 is 5.91 Å². The molecule has 0 saturated carbocycles. The van der Waals surface area contributed by atoms with E-state index in [0.717, 1.165) is 45.8 Å². The molecule has 0 aromatic rings. The first-order valence-corrected chi connectivity index (χ1v) is 5.95. The molecule has 94 valence electrons. The van der Waals surface area contributed by atoms with E-state index in [2.05, 4.69) is 28.8 Å². The van der Waals surface area contributed by atoms with Crippen molar-refractivity contribution in [3.05, 3.63) is 0 Å². The number of hydrogen-bond acceptors (Lipinski definition) is 4. The quantitative estimate of drug-likeness (QED) is 0.636. The monoisotopic (exact) mass is 228 g/mol. The number of carbonyl (C=O) groups excluding carboxylic acids is 1. The number of hydrogen-bond donors (Lipinski definition) is 1. The lowest BCUT2D eigenvalue weighted by molar-refractivity contribution is -0.118. The molecule has 1 rings (SSSR count). The molecule has 0 spiro atoms. The molecule has 5 heteroatoms. The second kappa shape index (κ2) is 6.83. The SMILES string of the molecule is CN(C)CCN1CCN(CCC(N)=O)CC1.